The van der Waals surface area contributed by atoms with E-state index in [1.807, 2.05) is 0 Å². The minimum Gasteiger partial charge on any atom is -0.496 e. The minimum atomic E-state index is -0.654. The molecule has 0 aliphatic heterocycles. The zero-order valence-electron chi connectivity index (χ0n) is 7.35. The van der Waals surface area contributed by atoms with E-state index in [0.29, 0.717) is 0 Å². The number of nitro benzene ring substituents is 1. The summed E-state index contributed by atoms with van der Waals surface area (Å²) in [6.07, 6.45) is 0. The average Bonchev–Trinajstić information content (AvgIpc) is 2.17. The summed E-state index contributed by atoms with van der Waals surface area (Å²) in [6.45, 7) is 0. The highest BCUT2D eigenvalue weighted by atomic mass is 16.6. The smallest absolute Gasteiger partial charge is 0.297 e. The van der Waals surface area contributed by atoms with Gasteiger partial charge in [-0.05, 0) is 0 Å². The molecule has 6 nitrogen and oxygen atoms in total. The third-order valence-corrected chi connectivity index (χ3v) is 1.68. The molecule has 0 fully saturated rings. The lowest BCUT2D eigenvalue weighted by Gasteiger charge is -2.03. The zero-order chi connectivity index (χ0) is 10.7. The Bertz CT molecular complexity index is 423. The highest BCUT2D eigenvalue weighted by Gasteiger charge is 2.17. The van der Waals surface area contributed by atoms with Crippen molar-refractivity contribution in [1.29, 1.82) is 5.26 Å². The van der Waals surface area contributed by atoms with Gasteiger partial charge in [-0.25, -0.2) is 0 Å². The van der Waals surface area contributed by atoms with E-state index in [4.69, 9.17) is 15.7 Å². The van der Waals surface area contributed by atoms with Gasteiger partial charge in [0.2, 0.25) is 0 Å². The van der Waals surface area contributed by atoms with E-state index >= 15 is 0 Å². The SMILES string of the molecule is COc1cc(C#N)c(N)c([N+](=O)[O-])c1. The first kappa shape index (κ1) is 9.80. The van der Waals surface area contributed by atoms with Crippen LogP contribution in [-0.2, 0) is 0 Å². The van der Waals surface area contributed by atoms with Crippen molar-refractivity contribution < 1.29 is 9.66 Å². The van der Waals surface area contributed by atoms with Crippen molar-refractivity contribution in [2.45, 2.75) is 0 Å². The fourth-order valence-corrected chi connectivity index (χ4v) is 0.974. The summed E-state index contributed by atoms with van der Waals surface area (Å²) in [5.74, 6) is 0.238. The lowest BCUT2D eigenvalue weighted by molar-refractivity contribution is -0.384. The van der Waals surface area contributed by atoms with E-state index < -0.39 is 4.92 Å². The Morgan fingerprint density at radius 1 is 1.64 bits per heavy atom. The topological polar surface area (TPSA) is 102 Å². The first-order valence-electron chi connectivity index (χ1n) is 3.62. The Morgan fingerprint density at radius 2 is 2.29 bits per heavy atom. The summed E-state index contributed by atoms with van der Waals surface area (Å²) in [5, 5.41) is 19.2. The summed E-state index contributed by atoms with van der Waals surface area (Å²) in [6, 6.07) is 4.28. The van der Waals surface area contributed by atoms with Gasteiger partial charge in [0.05, 0.1) is 23.7 Å². The van der Waals surface area contributed by atoms with Gasteiger partial charge in [0, 0.05) is 6.07 Å². The second-order valence-electron chi connectivity index (χ2n) is 2.48. The van der Waals surface area contributed by atoms with Crippen molar-refractivity contribution in [3.63, 3.8) is 0 Å². The highest BCUT2D eigenvalue weighted by molar-refractivity contribution is 5.69. The van der Waals surface area contributed by atoms with Gasteiger partial charge in [-0.1, -0.05) is 0 Å². The number of methoxy groups -OCH3 is 1. The van der Waals surface area contributed by atoms with Crippen LogP contribution >= 0.6 is 0 Å². The molecule has 1 aromatic rings. The molecule has 0 radical (unpaired) electrons. The number of nitrogen functional groups attached to an aromatic ring is 1. The van der Waals surface area contributed by atoms with Crippen molar-refractivity contribution >= 4 is 11.4 Å². The molecule has 0 amide bonds. The summed E-state index contributed by atoms with van der Waals surface area (Å²) in [5.41, 5.74) is 4.98. The second-order valence-corrected chi connectivity index (χ2v) is 2.48. The molecule has 14 heavy (non-hydrogen) atoms. The predicted molar refractivity (Wildman–Crippen MR) is 48.8 cm³/mol. The van der Waals surface area contributed by atoms with Gasteiger partial charge in [0.25, 0.3) is 5.69 Å². The van der Waals surface area contributed by atoms with Crippen molar-refractivity contribution in [1.82, 2.24) is 0 Å². The minimum absolute atomic E-state index is 0.0380. The van der Waals surface area contributed by atoms with Crippen molar-refractivity contribution in [3.05, 3.63) is 27.8 Å². The van der Waals surface area contributed by atoms with Crippen LogP contribution in [0.5, 0.6) is 5.75 Å². The van der Waals surface area contributed by atoms with Crippen LogP contribution in [0.2, 0.25) is 0 Å². The fraction of sp³-hybridized carbons (Fsp3) is 0.125. The maximum atomic E-state index is 10.5. The molecule has 0 saturated heterocycles. The van der Waals surface area contributed by atoms with Crippen LogP contribution in [-0.4, -0.2) is 12.0 Å². The molecule has 0 unspecified atom stereocenters. The van der Waals surface area contributed by atoms with Crippen LogP contribution in [0.25, 0.3) is 0 Å². The zero-order valence-corrected chi connectivity index (χ0v) is 7.35. The van der Waals surface area contributed by atoms with Crippen molar-refractivity contribution in [3.8, 4) is 11.8 Å². The van der Waals surface area contributed by atoms with Gasteiger partial charge in [-0.3, -0.25) is 10.1 Å². The molecule has 72 valence electrons. The summed E-state index contributed by atoms with van der Waals surface area (Å²) >= 11 is 0. The summed E-state index contributed by atoms with van der Waals surface area (Å²) < 4.78 is 4.79. The van der Waals surface area contributed by atoms with Crippen LogP contribution in [0.15, 0.2) is 12.1 Å². The molecule has 0 heterocycles. The highest BCUT2D eigenvalue weighted by Crippen LogP contribution is 2.30. The lowest BCUT2D eigenvalue weighted by Crippen LogP contribution is -1.99. The van der Waals surface area contributed by atoms with Gasteiger partial charge in [-0.15, -0.1) is 0 Å². The van der Waals surface area contributed by atoms with Gasteiger partial charge < -0.3 is 10.5 Å². The van der Waals surface area contributed by atoms with Crippen LogP contribution in [0.3, 0.4) is 0 Å². The largest absolute Gasteiger partial charge is 0.496 e. The number of hydrogen-bond donors (Lipinski definition) is 1. The summed E-state index contributed by atoms with van der Waals surface area (Å²) in [4.78, 5) is 9.86. The molecule has 0 atom stereocenters. The number of ether oxygens (including phenoxy) is 1. The van der Waals surface area contributed by atoms with E-state index in [-0.39, 0.29) is 22.7 Å². The van der Waals surface area contributed by atoms with Gasteiger partial charge in [-0.2, -0.15) is 5.26 Å². The molecule has 0 saturated carbocycles. The Morgan fingerprint density at radius 3 is 2.71 bits per heavy atom. The van der Waals surface area contributed by atoms with Crippen molar-refractivity contribution in [2.75, 3.05) is 12.8 Å². The van der Waals surface area contributed by atoms with E-state index in [9.17, 15) is 10.1 Å². The molecule has 0 bridgehead atoms. The standard InChI is InChI=1S/C8H7N3O3/c1-14-6-2-5(4-9)8(10)7(3-6)11(12)13/h2-3H,10H2,1H3. The van der Waals surface area contributed by atoms with Crippen LogP contribution < -0.4 is 10.5 Å². The Hall–Kier alpha value is -2.29. The number of nitriles is 1. The number of benzene rings is 1. The Labute approximate surface area is 79.7 Å². The quantitative estimate of drug-likeness (QED) is 0.429. The van der Waals surface area contributed by atoms with Gasteiger partial charge in [0.15, 0.2) is 0 Å². The van der Waals surface area contributed by atoms with Crippen LogP contribution in [0.1, 0.15) is 5.56 Å². The number of nitrogens with zero attached hydrogens (tertiary/aromatic N) is 2. The first-order valence-corrected chi connectivity index (χ1v) is 3.62. The molecular weight excluding hydrogens is 186 g/mol. The lowest BCUT2D eigenvalue weighted by atomic mass is 10.1. The monoisotopic (exact) mass is 193 g/mol. The number of nitrogens with two attached hydrogens (primary N) is 1. The molecule has 2 N–H and O–H groups in total. The average molecular weight is 193 g/mol. The van der Waals surface area contributed by atoms with E-state index in [1.165, 1.54) is 19.2 Å². The molecule has 0 spiro atoms. The number of rotatable bonds is 2. The molecule has 0 aliphatic rings. The maximum absolute atomic E-state index is 10.5. The van der Waals surface area contributed by atoms with Gasteiger partial charge in [0.1, 0.15) is 17.5 Å². The number of nitro groups is 1. The Kier molecular flexibility index (Phi) is 2.53. The van der Waals surface area contributed by atoms with Gasteiger partial charge >= 0.3 is 0 Å². The number of anilines is 1. The maximum Gasteiger partial charge on any atom is 0.297 e. The van der Waals surface area contributed by atoms with E-state index in [0.717, 1.165) is 0 Å². The number of hydrogen-bond acceptors (Lipinski definition) is 5. The Balaban J connectivity index is 3.44. The van der Waals surface area contributed by atoms with Crippen molar-refractivity contribution in [2.24, 2.45) is 0 Å². The predicted octanol–water partition coefficient (Wildman–Crippen LogP) is 1.06. The van der Waals surface area contributed by atoms with E-state index in [1.54, 1.807) is 6.07 Å². The third kappa shape index (κ3) is 1.56. The van der Waals surface area contributed by atoms with E-state index in [2.05, 4.69) is 0 Å². The molecule has 1 rings (SSSR count). The molecule has 0 aliphatic carbocycles. The first-order chi connectivity index (χ1) is 6.60. The molecule has 0 aromatic heterocycles. The molecule has 6 heteroatoms. The van der Waals surface area contributed by atoms with Crippen LogP contribution in [0, 0.1) is 21.4 Å². The second kappa shape index (κ2) is 3.62. The molecule has 1 aromatic carbocycles. The third-order valence-electron chi connectivity index (χ3n) is 1.68. The normalized spacial score (nSPS) is 9.14. The summed E-state index contributed by atoms with van der Waals surface area (Å²) in [7, 11) is 1.36. The molecular formula is C8H7N3O3. The van der Waals surface area contributed by atoms with Crippen LogP contribution in [0.4, 0.5) is 11.4 Å². The fourth-order valence-electron chi connectivity index (χ4n) is 0.974.